The third-order valence-corrected chi connectivity index (χ3v) is 4.85. The number of carbonyl (C=O) groups excluding carboxylic acids is 1. The van der Waals surface area contributed by atoms with E-state index < -0.39 is 0 Å². The highest BCUT2D eigenvalue weighted by Gasteiger charge is 2.19. The molecule has 0 bridgehead atoms. The first-order valence-electron chi connectivity index (χ1n) is 8.88. The van der Waals surface area contributed by atoms with Gasteiger partial charge in [0.2, 0.25) is 5.88 Å². The molecule has 1 saturated carbocycles. The second kappa shape index (κ2) is 7.23. The molecule has 2 heterocycles. The lowest BCUT2D eigenvalue weighted by molar-refractivity contribution is 0.0950. The van der Waals surface area contributed by atoms with Crippen LogP contribution in [0.5, 0.6) is 5.88 Å². The predicted molar refractivity (Wildman–Crippen MR) is 93.2 cm³/mol. The van der Waals surface area contributed by atoms with Gasteiger partial charge < -0.3 is 14.8 Å². The van der Waals surface area contributed by atoms with Crippen LogP contribution < -0.4 is 10.1 Å². The van der Waals surface area contributed by atoms with Crippen LogP contribution in [0.15, 0.2) is 36.5 Å². The molecule has 0 atom stereocenters. The number of nitrogens with zero attached hydrogens (tertiary/aromatic N) is 1. The number of hydrogen-bond donors (Lipinski definition) is 1. The first-order valence-corrected chi connectivity index (χ1v) is 8.88. The van der Waals surface area contributed by atoms with E-state index in [4.69, 9.17) is 9.47 Å². The molecule has 1 amide bonds. The van der Waals surface area contributed by atoms with Crippen molar-refractivity contribution in [3.05, 3.63) is 58.8 Å². The highest BCUT2D eigenvalue weighted by Crippen LogP contribution is 2.25. The minimum Gasteiger partial charge on any atom is -0.474 e. The fourth-order valence-corrected chi connectivity index (χ4v) is 3.42. The molecule has 2 aliphatic rings. The molecular weight excluding hydrogens is 316 g/mol. The first-order chi connectivity index (χ1) is 12.3. The summed E-state index contributed by atoms with van der Waals surface area (Å²) in [4.78, 5) is 16.8. The summed E-state index contributed by atoms with van der Waals surface area (Å²) in [5.74, 6) is 0.544. The Kier molecular flexibility index (Phi) is 4.65. The molecule has 5 heteroatoms. The minimum atomic E-state index is -0.0923. The summed E-state index contributed by atoms with van der Waals surface area (Å²) >= 11 is 0. The highest BCUT2D eigenvalue weighted by atomic mass is 16.5. The fourth-order valence-electron chi connectivity index (χ4n) is 3.42. The Balaban J connectivity index is 1.41. The number of ether oxygens (including phenoxy) is 2. The number of hydrogen-bond acceptors (Lipinski definition) is 4. The van der Waals surface area contributed by atoms with Crippen LogP contribution in [0, 0.1) is 0 Å². The van der Waals surface area contributed by atoms with Crippen LogP contribution in [0.1, 0.15) is 52.7 Å². The van der Waals surface area contributed by atoms with Crippen LogP contribution >= 0.6 is 0 Å². The van der Waals surface area contributed by atoms with Gasteiger partial charge in [-0.2, -0.15) is 0 Å². The van der Waals surface area contributed by atoms with Gasteiger partial charge in [0.15, 0.2) is 0 Å². The zero-order valence-corrected chi connectivity index (χ0v) is 14.2. The van der Waals surface area contributed by atoms with Gasteiger partial charge in [-0.15, -0.1) is 0 Å². The molecule has 5 nitrogen and oxygen atoms in total. The van der Waals surface area contributed by atoms with E-state index in [1.54, 1.807) is 6.20 Å². The summed E-state index contributed by atoms with van der Waals surface area (Å²) in [6.07, 6.45) is 6.58. The summed E-state index contributed by atoms with van der Waals surface area (Å²) in [6.45, 7) is 1.62. The summed E-state index contributed by atoms with van der Waals surface area (Å²) in [6, 6.07) is 9.55. The molecule has 0 saturated heterocycles. The van der Waals surface area contributed by atoms with E-state index in [2.05, 4.69) is 10.3 Å². The van der Waals surface area contributed by atoms with E-state index in [1.165, 1.54) is 12.8 Å². The molecule has 1 aliphatic carbocycles. The van der Waals surface area contributed by atoms with Crippen molar-refractivity contribution in [2.24, 2.45) is 0 Å². The fraction of sp³-hybridized carbons (Fsp3) is 0.400. The van der Waals surface area contributed by atoms with Crippen LogP contribution in [-0.4, -0.2) is 17.0 Å². The van der Waals surface area contributed by atoms with Gasteiger partial charge in [0.25, 0.3) is 5.91 Å². The molecule has 1 aromatic heterocycles. The van der Waals surface area contributed by atoms with E-state index in [9.17, 15) is 4.79 Å². The number of carbonyl (C=O) groups is 1. The molecule has 0 radical (unpaired) electrons. The Bertz CT molecular complexity index is 769. The second-order valence-corrected chi connectivity index (χ2v) is 6.65. The van der Waals surface area contributed by atoms with Crippen molar-refractivity contribution >= 4 is 5.91 Å². The molecule has 0 unspecified atom stereocenters. The van der Waals surface area contributed by atoms with E-state index in [0.717, 1.165) is 29.5 Å². The van der Waals surface area contributed by atoms with Gasteiger partial charge in [-0.25, -0.2) is 4.98 Å². The Morgan fingerprint density at radius 3 is 2.92 bits per heavy atom. The van der Waals surface area contributed by atoms with E-state index in [-0.39, 0.29) is 12.0 Å². The van der Waals surface area contributed by atoms with Gasteiger partial charge in [-0.3, -0.25) is 4.79 Å². The lowest BCUT2D eigenvalue weighted by Gasteiger charge is -2.15. The maximum absolute atomic E-state index is 12.5. The van der Waals surface area contributed by atoms with Crippen molar-refractivity contribution in [2.75, 3.05) is 0 Å². The number of amides is 1. The van der Waals surface area contributed by atoms with Crippen LogP contribution in [0.25, 0.3) is 0 Å². The summed E-state index contributed by atoms with van der Waals surface area (Å²) in [5, 5.41) is 2.97. The normalized spacial score (nSPS) is 16.6. The van der Waals surface area contributed by atoms with Gasteiger partial charge in [-0.05, 0) is 55.0 Å². The number of aromatic nitrogens is 1. The van der Waals surface area contributed by atoms with Gasteiger partial charge in [0, 0.05) is 23.9 Å². The minimum absolute atomic E-state index is 0.0923. The van der Waals surface area contributed by atoms with Gasteiger partial charge in [0.05, 0.1) is 13.2 Å². The third kappa shape index (κ3) is 3.66. The molecule has 1 aliphatic heterocycles. The van der Waals surface area contributed by atoms with Crippen molar-refractivity contribution < 1.29 is 14.3 Å². The standard InChI is InChI=1S/C20H22N2O3/c23-19(14-7-8-16-12-24-13-17(16)10-14)22-11-15-4-3-9-21-20(15)25-18-5-1-2-6-18/h3-4,7-10,18H,1-2,5-6,11-13H2,(H,22,23). The zero-order valence-electron chi connectivity index (χ0n) is 14.2. The monoisotopic (exact) mass is 338 g/mol. The topological polar surface area (TPSA) is 60.5 Å². The van der Waals surface area contributed by atoms with Crippen molar-refractivity contribution in [1.82, 2.24) is 10.3 Å². The van der Waals surface area contributed by atoms with Gasteiger partial charge >= 0.3 is 0 Å². The SMILES string of the molecule is O=C(NCc1cccnc1OC1CCCC1)c1ccc2c(c1)COC2. The lowest BCUT2D eigenvalue weighted by Crippen LogP contribution is -2.24. The lowest BCUT2D eigenvalue weighted by atomic mass is 10.1. The average Bonchev–Trinajstić information content (AvgIpc) is 3.31. The molecule has 1 N–H and O–H groups in total. The van der Waals surface area contributed by atoms with Crippen molar-refractivity contribution in [3.8, 4) is 5.88 Å². The van der Waals surface area contributed by atoms with Crippen LogP contribution in [-0.2, 0) is 24.5 Å². The van der Waals surface area contributed by atoms with Crippen molar-refractivity contribution in [2.45, 2.75) is 51.5 Å². The van der Waals surface area contributed by atoms with E-state index in [1.807, 2.05) is 30.3 Å². The quantitative estimate of drug-likeness (QED) is 0.908. The Labute approximate surface area is 147 Å². The molecule has 1 fully saturated rings. The number of benzene rings is 1. The number of nitrogens with one attached hydrogen (secondary N) is 1. The molecular formula is C20H22N2O3. The number of rotatable bonds is 5. The molecule has 1 aromatic carbocycles. The Morgan fingerprint density at radius 1 is 1.20 bits per heavy atom. The first kappa shape index (κ1) is 16.1. The van der Waals surface area contributed by atoms with Gasteiger partial charge in [0.1, 0.15) is 6.10 Å². The van der Waals surface area contributed by atoms with Crippen molar-refractivity contribution in [3.63, 3.8) is 0 Å². The number of pyridine rings is 1. The smallest absolute Gasteiger partial charge is 0.251 e. The number of fused-ring (bicyclic) bond motifs is 1. The van der Waals surface area contributed by atoms with Crippen LogP contribution in [0.3, 0.4) is 0 Å². The van der Waals surface area contributed by atoms with Crippen LogP contribution in [0.4, 0.5) is 0 Å². The summed E-state index contributed by atoms with van der Waals surface area (Å²) in [7, 11) is 0. The predicted octanol–water partition coefficient (Wildman–Crippen LogP) is 3.36. The summed E-state index contributed by atoms with van der Waals surface area (Å²) in [5.41, 5.74) is 3.83. The molecule has 4 rings (SSSR count). The zero-order chi connectivity index (χ0) is 17.1. The van der Waals surface area contributed by atoms with Crippen molar-refractivity contribution in [1.29, 1.82) is 0 Å². The van der Waals surface area contributed by atoms with Crippen LogP contribution in [0.2, 0.25) is 0 Å². The van der Waals surface area contributed by atoms with E-state index in [0.29, 0.717) is 31.2 Å². The molecule has 2 aromatic rings. The summed E-state index contributed by atoms with van der Waals surface area (Å²) < 4.78 is 11.4. The Morgan fingerprint density at radius 2 is 2.04 bits per heavy atom. The van der Waals surface area contributed by atoms with E-state index >= 15 is 0 Å². The maximum atomic E-state index is 12.5. The third-order valence-electron chi connectivity index (χ3n) is 4.85. The molecule has 130 valence electrons. The average molecular weight is 338 g/mol. The molecule has 25 heavy (non-hydrogen) atoms. The highest BCUT2D eigenvalue weighted by molar-refractivity contribution is 5.94. The molecule has 0 spiro atoms. The second-order valence-electron chi connectivity index (χ2n) is 6.65. The maximum Gasteiger partial charge on any atom is 0.251 e. The Hall–Kier alpha value is -2.40. The largest absolute Gasteiger partial charge is 0.474 e. The van der Waals surface area contributed by atoms with Gasteiger partial charge in [-0.1, -0.05) is 12.1 Å².